The molecule has 0 spiro atoms. The Bertz CT molecular complexity index is 872. The van der Waals surface area contributed by atoms with E-state index in [1.807, 2.05) is 5.32 Å². The largest absolute Gasteiger partial charge is 0.416 e. The Labute approximate surface area is 165 Å². The van der Waals surface area contributed by atoms with Crippen LogP contribution < -0.4 is 16.0 Å². The molecular formula is C18H13F6N3O3. The summed E-state index contributed by atoms with van der Waals surface area (Å²) in [4.78, 5) is 35.1. The second kappa shape index (κ2) is 8.84. The summed E-state index contributed by atoms with van der Waals surface area (Å²) in [7, 11) is 0. The summed E-state index contributed by atoms with van der Waals surface area (Å²) in [5, 5.41) is 6.10. The molecule has 0 radical (unpaired) electrons. The third-order valence-corrected chi connectivity index (χ3v) is 3.69. The smallest absolute Gasteiger partial charge is 0.321 e. The van der Waals surface area contributed by atoms with Crippen LogP contribution >= 0.6 is 0 Å². The van der Waals surface area contributed by atoms with E-state index in [9.17, 15) is 40.7 Å². The summed E-state index contributed by atoms with van der Waals surface area (Å²) < 4.78 is 76.6. The zero-order valence-electron chi connectivity index (χ0n) is 14.8. The molecule has 2 rings (SSSR count). The van der Waals surface area contributed by atoms with E-state index in [0.717, 1.165) is 36.4 Å². The van der Waals surface area contributed by atoms with Gasteiger partial charge in [0, 0.05) is 11.1 Å². The van der Waals surface area contributed by atoms with Gasteiger partial charge in [0.25, 0.3) is 11.8 Å². The number of halogens is 6. The van der Waals surface area contributed by atoms with Crippen LogP contribution in [-0.2, 0) is 17.1 Å². The predicted molar refractivity (Wildman–Crippen MR) is 90.8 cm³/mol. The molecule has 0 atom stereocenters. The molecule has 2 aromatic rings. The minimum atomic E-state index is -4.70. The Morgan fingerprint density at radius 1 is 0.767 bits per heavy atom. The molecule has 0 aliphatic carbocycles. The molecule has 2 aromatic carbocycles. The molecular weight excluding hydrogens is 420 g/mol. The van der Waals surface area contributed by atoms with Crippen LogP contribution in [0, 0.1) is 0 Å². The third kappa shape index (κ3) is 5.96. The maximum absolute atomic E-state index is 12.8. The van der Waals surface area contributed by atoms with Crippen LogP contribution in [0.5, 0.6) is 0 Å². The van der Waals surface area contributed by atoms with E-state index >= 15 is 0 Å². The van der Waals surface area contributed by atoms with Crippen LogP contribution in [0.1, 0.15) is 31.8 Å². The fraction of sp³-hybridized carbons (Fsp3) is 0.167. The second-order valence-electron chi connectivity index (χ2n) is 5.82. The van der Waals surface area contributed by atoms with Crippen molar-refractivity contribution < 1.29 is 40.7 Å². The molecule has 160 valence electrons. The lowest BCUT2D eigenvalue weighted by molar-refractivity contribution is -0.138. The van der Waals surface area contributed by atoms with Gasteiger partial charge < -0.3 is 16.0 Å². The maximum atomic E-state index is 12.8. The van der Waals surface area contributed by atoms with Gasteiger partial charge >= 0.3 is 12.4 Å². The normalized spacial score (nSPS) is 11.7. The molecule has 3 N–H and O–H groups in total. The van der Waals surface area contributed by atoms with Gasteiger partial charge in [0.1, 0.15) is 0 Å². The molecule has 12 heteroatoms. The monoisotopic (exact) mass is 433 g/mol. The van der Waals surface area contributed by atoms with Gasteiger partial charge in [-0.2, -0.15) is 26.3 Å². The Morgan fingerprint density at radius 2 is 1.17 bits per heavy atom. The topological polar surface area (TPSA) is 87.3 Å². The van der Waals surface area contributed by atoms with Crippen molar-refractivity contribution in [1.29, 1.82) is 0 Å². The van der Waals surface area contributed by atoms with Crippen LogP contribution in [0.2, 0.25) is 0 Å². The minimum absolute atomic E-state index is 0.0729. The number of nitrogens with one attached hydrogen (secondary N) is 3. The highest BCUT2D eigenvalue weighted by molar-refractivity contribution is 5.97. The Morgan fingerprint density at radius 3 is 1.50 bits per heavy atom. The first-order valence-corrected chi connectivity index (χ1v) is 8.08. The number of carbonyl (C=O) groups is 3. The Hall–Kier alpha value is -3.57. The van der Waals surface area contributed by atoms with E-state index < -0.39 is 52.7 Å². The van der Waals surface area contributed by atoms with Crippen molar-refractivity contribution in [3.05, 3.63) is 70.8 Å². The zero-order valence-corrected chi connectivity index (χ0v) is 14.8. The van der Waals surface area contributed by atoms with Crippen molar-refractivity contribution >= 4 is 18.2 Å². The van der Waals surface area contributed by atoms with E-state index in [0.29, 0.717) is 12.1 Å². The van der Waals surface area contributed by atoms with Crippen LogP contribution in [0.25, 0.3) is 0 Å². The number of benzene rings is 2. The van der Waals surface area contributed by atoms with Crippen LogP contribution in [0.3, 0.4) is 0 Å². The van der Waals surface area contributed by atoms with Crippen molar-refractivity contribution in [2.24, 2.45) is 0 Å². The fourth-order valence-electron chi connectivity index (χ4n) is 2.29. The Kier molecular flexibility index (Phi) is 6.70. The summed E-state index contributed by atoms with van der Waals surface area (Å²) in [6, 6.07) is 6.71. The van der Waals surface area contributed by atoms with Gasteiger partial charge in [0.15, 0.2) is 6.29 Å². The van der Waals surface area contributed by atoms with E-state index in [-0.39, 0.29) is 6.41 Å². The summed E-state index contributed by atoms with van der Waals surface area (Å²) in [6.45, 7) is 0. The van der Waals surface area contributed by atoms with E-state index in [1.165, 1.54) is 0 Å². The standard InChI is InChI=1S/C18H13F6N3O3/c19-17(20,21)12-5-1-3-10(7-12)14(29)26-16(25-9-28)27-15(30)11-4-2-6-13(8-11)18(22,23)24/h1-9,16H,(H,25,28)(H,26,29)(H,27,30). The van der Waals surface area contributed by atoms with Gasteiger partial charge in [-0.25, -0.2) is 0 Å². The quantitative estimate of drug-likeness (QED) is 0.372. The zero-order chi connectivity index (χ0) is 22.5. The van der Waals surface area contributed by atoms with Gasteiger partial charge in [0.05, 0.1) is 11.1 Å². The first-order valence-electron chi connectivity index (χ1n) is 8.08. The molecule has 0 heterocycles. The van der Waals surface area contributed by atoms with Crippen molar-refractivity contribution in [3.8, 4) is 0 Å². The molecule has 0 bridgehead atoms. The van der Waals surface area contributed by atoms with Crippen LogP contribution in [0.15, 0.2) is 48.5 Å². The van der Waals surface area contributed by atoms with Crippen LogP contribution in [-0.4, -0.2) is 24.5 Å². The van der Waals surface area contributed by atoms with Gasteiger partial charge in [-0.15, -0.1) is 0 Å². The first kappa shape index (κ1) is 22.7. The SMILES string of the molecule is O=CNC(NC(=O)c1cccc(C(F)(F)F)c1)NC(=O)c1cccc(C(F)(F)F)c1. The summed E-state index contributed by atoms with van der Waals surface area (Å²) >= 11 is 0. The van der Waals surface area contributed by atoms with Crippen molar-refractivity contribution in [2.45, 2.75) is 18.6 Å². The van der Waals surface area contributed by atoms with Crippen molar-refractivity contribution in [1.82, 2.24) is 16.0 Å². The number of rotatable bonds is 6. The van der Waals surface area contributed by atoms with E-state index in [2.05, 4.69) is 10.6 Å². The third-order valence-electron chi connectivity index (χ3n) is 3.69. The molecule has 6 nitrogen and oxygen atoms in total. The lowest BCUT2D eigenvalue weighted by Crippen LogP contribution is -2.56. The van der Waals surface area contributed by atoms with Crippen molar-refractivity contribution in [3.63, 3.8) is 0 Å². The van der Waals surface area contributed by atoms with Crippen LogP contribution in [0.4, 0.5) is 26.3 Å². The molecule has 0 saturated carbocycles. The lowest BCUT2D eigenvalue weighted by Gasteiger charge is -2.20. The molecule has 0 aliphatic rings. The predicted octanol–water partition coefficient (Wildman–Crippen LogP) is 2.91. The molecule has 30 heavy (non-hydrogen) atoms. The van der Waals surface area contributed by atoms with Gasteiger partial charge in [-0.1, -0.05) is 12.1 Å². The summed E-state index contributed by atoms with van der Waals surface area (Å²) in [5.41, 5.74) is -3.03. The fourth-order valence-corrected chi connectivity index (χ4v) is 2.29. The lowest BCUT2D eigenvalue weighted by atomic mass is 10.1. The molecule has 3 amide bonds. The maximum Gasteiger partial charge on any atom is 0.416 e. The average Bonchev–Trinajstić information content (AvgIpc) is 2.67. The minimum Gasteiger partial charge on any atom is -0.321 e. The first-order chi connectivity index (χ1) is 13.9. The van der Waals surface area contributed by atoms with E-state index in [4.69, 9.17) is 0 Å². The number of amides is 3. The Balaban J connectivity index is 2.16. The number of carbonyl (C=O) groups excluding carboxylic acids is 3. The van der Waals surface area contributed by atoms with Gasteiger partial charge in [-0.3, -0.25) is 14.4 Å². The number of hydrogen-bond donors (Lipinski definition) is 3. The number of alkyl halides is 6. The molecule has 0 saturated heterocycles. The number of hydrogen-bond acceptors (Lipinski definition) is 3. The average molecular weight is 433 g/mol. The van der Waals surface area contributed by atoms with Gasteiger partial charge in [-0.05, 0) is 36.4 Å². The highest BCUT2D eigenvalue weighted by atomic mass is 19.4. The summed E-state index contributed by atoms with van der Waals surface area (Å²) in [6.07, 6.45) is -10.9. The second-order valence-corrected chi connectivity index (χ2v) is 5.82. The van der Waals surface area contributed by atoms with E-state index in [1.54, 1.807) is 0 Å². The molecule has 0 aliphatic heterocycles. The molecule has 0 unspecified atom stereocenters. The highest BCUT2D eigenvalue weighted by Crippen LogP contribution is 2.30. The molecule has 0 aromatic heterocycles. The van der Waals surface area contributed by atoms with Crippen molar-refractivity contribution in [2.75, 3.05) is 0 Å². The summed E-state index contributed by atoms with van der Waals surface area (Å²) in [5.74, 6) is -2.16. The molecule has 0 fully saturated rings. The highest BCUT2D eigenvalue weighted by Gasteiger charge is 2.32. The van der Waals surface area contributed by atoms with Gasteiger partial charge in [0.2, 0.25) is 6.41 Å².